The normalized spacial score (nSPS) is 11.3. The van der Waals surface area contributed by atoms with Gasteiger partial charge in [-0.2, -0.15) is 0 Å². The Morgan fingerprint density at radius 3 is 2.57 bits per heavy atom. The summed E-state index contributed by atoms with van der Waals surface area (Å²) in [6, 6.07) is 14.3. The van der Waals surface area contributed by atoms with Gasteiger partial charge in [0.15, 0.2) is 0 Å². The van der Waals surface area contributed by atoms with Gasteiger partial charge in [-0.05, 0) is 61.7 Å². The lowest BCUT2D eigenvalue weighted by Crippen LogP contribution is -2.13. The molecule has 0 aliphatic heterocycles. The molecule has 0 saturated heterocycles. The largest absolute Gasteiger partial charge is 0.330 e. The Morgan fingerprint density at radius 1 is 1.10 bits per heavy atom. The highest BCUT2D eigenvalue weighted by Crippen LogP contribution is 2.18. The molecule has 0 aromatic heterocycles. The van der Waals surface area contributed by atoms with E-state index >= 15 is 0 Å². The number of nitrogens with one attached hydrogen (secondary N) is 1. The highest BCUT2D eigenvalue weighted by Gasteiger charge is 2.14. The summed E-state index contributed by atoms with van der Waals surface area (Å²) in [4.78, 5) is 0.273. The highest BCUT2D eigenvalue weighted by atomic mass is 32.2. The molecular weight excluding hydrogens is 284 g/mol. The minimum absolute atomic E-state index is 0.273. The predicted molar refractivity (Wildman–Crippen MR) is 85.8 cm³/mol. The minimum Gasteiger partial charge on any atom is -0.330 e. The minimum atomic E-state index is -3.55. The van der Waals surface area contributed by atoms with Crippen molar-refractivity contribution < 1.29 is 8.42 Å². The van der Waals surface area contributed by atoms with E-state index in [-0.39, 0.29) is 4.90 Å². The molecule has 2 aromatic rings. The molecule has 5 heteroatoms. The maximum Gasteiger partial charge on any atom is 0.261 e. The van der Waals surface area contributed by atoms with Crippen molar-refractivity contribution in [3.63, 3.8) is 0 Å². The first-order valence-corrected chi connectivity index (χ1v) is 8.38. The van der Waals surface area contributed by atoms with Gasteiger partial charge >= 0.3 is 0 Å². The van der Waals surface area contributed by atoms with Crippen LogP contribution in [-0.4, -0.2) is 15.0 Å². The summed E-state index contributed by atoms with van der Waals surface area (Å²) in [6.07, 6.45) is 1.73. The van der Waals surface area contributed by atoms with Gasteiger partial charge in [0.25, 0.3) is 10.0 Å². The Balaban J connectivity index is 2.20. The quantitative estimate of drug-likeness (QED) is 0.862. The molecule has 0 spiro atoms. The number of nitrogens with two attached hydrogens (primary N) is 1. The van der Waals surface area contributed by atoms with E-state index in [1.165, 1.54) is 0 Å². The zero-order valence-electron chi connectivity index (χ0n) is 12.0. The van der Waals surface area contributed by atoms with Crippen LogP contribution in [0.1, 0.15) is 17.5 Å². The van der Waals surface area contributed by atoms with Gasteiger partial charge in [-0.3, -0.25) is 4.72 Å². The number of anilines is 1. The molecule has 0 atom stereocenters. The van der Waals surface area contributed by atoms with E-state index in [0.29, 0.717) is 12.2 Å². The number of benzene rings is 2. The molecule has 0 amide bonds. The molecular formula is C16H20N2O2S. The molecule has 0 saturated carbocycles. The molecule has 0 unspecified atom stereocenters. The monoisotopic (exact) mass is 304 g/mol. The Labute approximate surface area is 126 Å². The van der Waals surface area contributed by atoms with Crippen LogP contribution in [0.5, 0.6) is 0 Å². The second-order valence-corrected chi connectivity index (χ2v) is 6.70. The van der Waals surface area contributed by atoms with E-state index in [9.17, 15) is 8.42 Å². The zero-order valence-corrected chi connectivity index (χ0v) is 12.9. The Bertz CT molecular complexity index is 712. The van der Waals surface area contributed by atoms with Crippen LogP contribution in [0.15, 0.2) is 53.4 Å². The van der Waals surface area contributed by atoms with Crippen molar-refractivity contribution in [1.29, 1.82) is 0 Å². The molecule has 21 heavy (non-hydrogen) atoms. The lowest BCUT2D eigenvalue weighted by Gasteiger charge is -2.10. The lowest BCUT2D eigenvalue weighted by atomic mass is 10.1. The van der Waals surface area contributed by atoms with Crippen molar-refractivity contribution >= 4 is 15.7 Å². The first kappa shape index (κ1) is 15.5. The highest BCUT2D eigenvalue weighted by molar-refractivity contribution is 7.92. The molecule has 112 valence electrons. The summed E-state index contributed by atoms with van der Waals surface area (Å²) in [5.74, 6) is 0. The second-order valence-electron chi connectivity index (χ2n) is 5.01. The number of hydrogen-bond donors (Lipinski definition) is 2. The standard InChI is InChI=1S/C16H20N2O2S/c1-13-5-2-9-16(11-13)21(19,20)18-15-8-3-6-14(12-15)7-4-10-17/h2-3,5-6,8-9,11-12,18H,4,7,10,17H2,1H3. The van der Waals surface area contributed by atoms with E-state index in [4.69, 9.17) is 5.73 Å². The van der Waals surface area contributed by atoms with Gasteiger partial charge in [0, 0.05) is 5.69 Å². The molecule has 0 heterocycles. The van der Waals surface area contributed by atoms with Gasteiger partial charge < -0.3 is 5.73 Å². The van der Waals surface area contributed by atoms with Crippen LogP contribution >= 0.6 is 0 Å². The fraction of sp³-hybridized carbons (Fsp3) is 0.250. The van der Waals surface area contributed by atoms with Crippen LogP contribution in [0, 0.1) is 6.92 Å². The van der Waals surface area contributed by atoms with E-state index in [1.54, 1.807) is 24.3 Å². The van der Waals surface area contributed by atoms with Gasteiger partial charge in [-0.25, -0.2) is 8.42 Å². The summed E-state index contributed by atoms with van der Waals surface area (Å²) in [5.41, 5.74) is 8.06. The molecule has 2 rings (SSSR count). The number of aryl methyl sites for hydroxylation is 2. The third-order valence-corrected chi connectivity index (χ3v) is 4.53. The second kappa shape index (κ2) is 6.74. The van der Waals surface area contributed by atoms with Crippen LogP contribution in [0.4, 0.5) is 5.69 Å². The van der Waals surface area contributed by atoms with Crippen LogP contribution < -0.4 is 10.5 Å². The average Bonchev–Trinajstić information content (AvgIpc) is 2.45. The smallest absolute Gasteiger partial charge is 0.261 e. The van der Waals surface area contributed by atoms with Crippen molar-refractivity contribution in [3.8, 4) is 0 Å². The van der Waals surface area contributed by atoms with Crippen LogP contribution in [0.3, 0.4) is 0 Å². The molecule has 2 aromatic carbocycles. The van der Waals surface area contributed by atoms with Crippen molar-refractivity contribution in [3.05, 3.63) is 59.7 Å². The predicted octanol–water partition coefficient (Wildman–Crippen LogP) is 2.69. The van der Waals surface area contributed by atoms with E-state index in [2.05, 4.69) is 4.72 Å². The fourth-order valence-corrected chi connectivity index (χ4v) is 3.25. The number of hydrogen-bond acceptors (Lipinski definition) is 3. The topological polar surface area (TPSA) is 72.2 Å². The SMILES string of the molecule is Cc1cccc(S(=O)(=O)Nc2cccc(CCCN)c2)c1. The molecule has 0 aliphatic rings. The van der Waals surface area contributed by atoms with Gasteiger partial charge in [0.2, 0.25) is 0 Å². The Hall–Kier alpha value is -1.85. The molecule has 0 bridgehead atoms. The fourth-order valence-electron chi connectivity index (χ4n) is 2.09. The van der Waals surface area contributed by atoms with Gasteiger partial charge in [0.1, 0.15) is 0 Å². The zero-order chi connectivity index (χ0) is 15.3. The van der Waals surface area contributed by atoms with Crippen LogP contribution in [0.2, 0.25) is 0 Å². The van der Waals surface area contributed by atoms with Crippen LogP contribution in [0.25, 0.3) is 0 Å². The van der Waals surface area contributed by atoms with Gasteiger partial charge in [-0.1, -0.05) is 24.3 Å². The van der Waals surface area contributed by atoms with Crippen LogP contribution in [-0.2, 0) is 16.4 Å². The van der Waals surface area contributed by atoms with Crippen molar-refractivity contribution in [1.82, 2.24) is 0 Å². The van der Waals surface area contributed by atoms with Crippen molar-refractivity contribution in [2.45, 2.75) is 24.7 Å². The molecule has 0 fully saturated rings. The third kappa shape index (κ3) is 4.31. The lowest BCUT2D eigenvalue weighted by molar-refractivity contribution is 0.601. The van der Waals surface area contributed by atoms with E-state index < -0.39 is 10.0 Å². The number of sulfonamides is 1. The number of rotatable bonds is 6. The first-order valence-electron chi connectivity index (χ1n) is 6.90. The van der Waals surface area contributed by atoms with E-state index in [1.807, 2.05) is 31.2 Å². The summed E-state index contributed by atoms with van der Waals surface area (Å²) >= 11 is 0. The third-order valence-electron chi connectivity index (χ3n) is 3.15. The summed E-state index contributed by atoms with van der Waals surface area (Å²) < 4.78 is 27.3. The summed E-state index contributed by atoms with van der Waals surface area (Å²) in [5, 5.41) is 0. The first-order chi connectivity index (χ1) is 10.0. The maximum atomic E-state index is 12.3. The Morgan fingerprint density at radius 2 is 1.86 bits per heavy atom. The average molecular weight is 304 g/mol. The molecule has 3 N–H and O–H groups in total. The summed E-state index contributed by atoms with van der Waals surface area (Å²) in [7, 11) is -3.55. The Kier molecular flexibility index (Phi) is 4.98. The van der Waals surface area contributed by atoms with Gasteiger partial charge in [0.05, 0.1) is 4.90 Å². The van der Waals surface area contributed by atoms with E-state index in [0.717, 1.165) is 24.0 Å². The maximum absolute atomic E-state index is 12.3. The molecule has 4 nitrogen and oxygen atoms in total. The molecule has 0 aliphatic carbocycles. The van der Waals surface area contributed by atoms with Gasteiger partial charge in [-0.15, -0.1) is 0 Å². The summed E-state index contributed by atoms with van der Waals surface area (Å²) in [6.45, 7) is 2.49. The molecule has 0 radical (unpaired) electrons. The van der Waals surface area contributed by atoms with Crippen molar-refractivity contribution in [2.24, 2.45) is 5.73 Å². The van der Waals surface area contributed by atoms with Crippen molar-refractivity contribution in [2.75, 3.05) is 11.3 Å².